The first-order valence-electron chi connectivity index (χ1n) is 10.9. The summed E-state index contributed by atoms with van der Waals surface area (Å²) < 4.78 is 0. The number of nitrogens with zero attached hydrogens (tertiary/aromatic N) is 2. The summed E-state index contributed by atoms with van der Waals surface area (Å²) in [6.45, 7) is 15.3. The van der Waals surface area contributed by atoms with Crippen LogP contribution in [0.4, 0.5) is 0 Å². The minimum Gasteiger partial charge on any atom is -0.478 e. The van der Waals surface area contributed by atoms with Gasteiger partial charge < -0.3 is 20.2 Å². The van der Waals surface area contributed by atoms with Crippen LogP contribution in [0.15, 0.2) is 11.6 Å². The van der Waals surface area contributed by atoms with Gasteiger partial charge in [-0.1, -0.05) is 40.7 Å². The molecule has 0 spiro atoms. The number of carbonyl (C=O) groups excluding carboxylic acids is 3. The Morgan fingerprint density at radius 1 is 1.03 bits per heavy atom. The lowest BCUT2D eigenvalue weighted by Crippen LogP contribution is -2.43. The maximum atomic E-state index is 11.7. The first-order valence-corrected chi connectivity index (χ1v) is 10.9. The van der Waals surface area contributed by atoms with E-state index in [0.29, 0.717) is 6.41 Å². The van der Waals surface area contributed by atoms with Crippen molar-refractivity contribution in [1.29, 1.82) is 0 Å². The summed E-state index contributed by atoms with van der Waals surface area (Å²) in [6.07, 6.45) is 5.68. The van der Waals surface area contributed by atoms with Gasteiger partial charge in [0.1, 0.15) is 0 Å². The highest BCUT2D eigenvalue weighted by atomic mass is 16.4. The molecule has 0 aromatic heterocycles. The zero-order valence-corrected chi connectivity index (χ0v) is 20.6. The molecule has 2 N–H and O–H groups in total. The molecule has 0 radical (unpaired) electrons. The molecule has 0 saturated carbocycles. The van der Waals surface area contributed by atoms with E-state index in [1.807, 2.05) is 18.7 Å². The van der Waals surface area contributed by atoms with Crippen molar-refractivity contribution in [2.75, 3.05) is 26.7 Å². The van der Waals surface area contributed by atoms with E-state index in [-0.39, 0.29) is 35.9 Å². The maximum absolute atomic E-state index is 11.7. The summed E-state index contributed by atoms with van der Waals surface area (Å²) in [7, 11) is 1.59. The number of carboxylic acids is 1. The van der Waals surface area contributed by atoms with Crippen LogP contribution in [-0.2, 0) is 19.2 Å². The first kappa shape index (κ1) is 30.8. The van der Waals surface area contributed by atoms with Gasteiger partial charge in [-0.05, 0) is 38.0 Å². The minimum absolute atomic E-state index is 0.0736. The number of carbonyl (C=O) groups is 4. The molecule has 1 aliphatic heterocycles. The largest absolute Gasteiger partial charge is 0.478 e. The lowest BCUT2D eigenvalue weighted by molar-refractivity contribution is -0.133. The zero-order valence-electron chi connectivity index (χ0n) is 20.6. The summed E-state index contributed by atoms with van der Waals surface area (Å²) in [4.78, 5) is 46.7. The number of likely N-dealkylation sites (N-methyl/N-ethyl adjacent to an activating group) is 1. The Morgan fingerprint density at radius 3 is 1.84 bits per heavy atom. The zero-order chi connectivity index (χ0) is 24.6. The van der Waals surface area contributed by atoms with E-state index in [1.165, 1.54) is 31.1 Å². The molecule has 1 atom stereocenters. The molecule has 1 saturated heterocycles. The van der Waals surface area contributed by atoms with Crippen molar-refractivity contribution in [3.63, 3.8) is 0 Å². The van der Waals surface area contributed by atoms with Gasteiger partial charge >= 0.3 is 5.97 Å². The predicted molar refractivity (Wildman–Crippen MR) is 123 cm³/mol. The van der Waals surface area contributed by atoms with Crippen molar-refractivity contribution in [2.24, 2.45) is 11.8 Å². The number of hydrogen-bond acceptors (Lipinski definition) is 4. The van der Waals surface area contributed by atoms with Gasteiger partial charge in [-0.2, -0.15) is 0 Å². The summed E-state index contributed by atoms with van der Waals surface area (Å²) in [6, 6.07) is -0.318. The summed E-state index contributed by atoms with van der Waals surface area (Å²) in [5.74, 6) is -0.137. The van der Waals surface area contributed by atoms with Crippen LogP contribution in [0.25, 0.3) is 0 Å². The molecule has 31 heavy (non-hydrogen) atoms. The topological polar surface area (TPSA) is 107 Å². The highest BCUT2D eigenvalue weighted by molar-refractivity contribution is 5.86. The van der Waals surface area contributed by atoms with Gasteiger partial charge in [0.2, 0.25) is 18.2 Å². The molecule has 0 bridgehead atoms. The Kier molecular flexibility index (Phi) is 17.2. The third-order valence-corrected chi connectivity index (χ3v) is 4.42. The second-order valence-electron chi connectivity index (χ2n) is 8.69. The molecule has 8 heteroatoms. The van der Waals surface area contributed by atoms with Crippen molar-refractivity contribution in [3.05, 3.63) is 11.6 Å². The normalized spacial score (nSPS) is 14.5. The molecule has 0 aromatic carbocycles. The second kappa shape index (κ2) is 17.3. The number of aliphatic carboxylic acids is 1. The Bertz CT molecular complexity index is 579. The standard InChI is InChI=1S/C12H20N2O4.C7H13NO.C4H10/c1-8(2)10(5-9(3)12(17)18)14(4)11(16)6-13-7-15;1-7(9)8-5-3-2-4-6-8;1-4(2)3/h5,7-8,10H,6H2,1-4H3,(H,13,15)(H,17,18);2-6H2,1H3;4H,1-3H3/b9-5+;;/t10-;;/m1../s1. The van der Waals surface area contributed by atoms with Crippen LogP contribution in [0.5, 0.6) is 0 Å². The highest BCUT2D eigenvalue weighted by Crippen LogP contribution is 2.13. The lowest BCUT2D eigenvalue weighted by atomic mass is 10.00. The molecule has 0 aromatic rings. The first-order chi connectivity index (χ1) is 14.3. The van der Waals surface area contributed by atoms with E-state index in [4.69, 9.17) is 5.11 Å². The Morgan fingerprint density at radius 2 is 1.52 bits per heavy atom. The smallest absolute Gasteiger partial charge is 0.331 e. The van der Waals surface area contributed by atoms with E-state index >= 15 is 0 Å². The maximum Gasteiger partial charge on any atom is 0.331 e. The van der Waals surface area contributed by atoms with Gasteiger partial charge in [-0.3, -0.25) is 14.4 Å². The number of amides is 3. The molecule has 180 valence electrons. The van der Waals surface area contributed by atoms with E-state index in [1.54, 1.807) is 20.0 Å². The van der Waals surface area contributed by atoms with Crippen LogP contribution in [0.2, 0.25) is 0 Å². The SMILES string of the molecule is C/C(=C\[C@H](C(C)C)N(C)C(=O)CNC=O)C(=O)O.CC(=O)N1CCCCC1.CC(C)C. The minimum atomic E-state index is -1.01. The molecule has 1 rings (SSSR count). The van der Waals surface area contributed by atoms with E-state index in [0.717, 1.165) is 19.0 Å². The van der Waals surface area contributed by atoms with Gasteiger partial charge in [-0.25, -0.2) is 4.79 Å². The van der Waals surface area contributed by atoms with Crippen LogP contribution in [0.1, 0.15) is 67.7 Å². The van der Waals surface area contributed by atoms with E-state index in [9.17, 15) is 19.2 Å². The molecular weight excluding hydrogens is 398 g/mol. The third kappa shape index (κ3) is 16.0. The van der Waals surface area contributed by atoms with E-state index < -0.39 is 5.97 Å². The quantitative estimate of drug-likeness (QED) is 0.467. The lowest BCUT2D eigenvalue weighted by Gasteiger charge is -2.29. The molecule has 1 fully saturated rings. The van der Waals surface area contributed by atoms with Gasteiger partial charge in [0, 0.05) is 32.6 Å². The number of carboxylic acid groups (broad SMARTS) is 1. The average molecular weight is 442 g/mol. The van der Waals surface area contributed by atoms with Gasteiger partial charge in [0.05, 0.1) is 12.6 Å². The van der Waals surface area contributed by atoms with Crippen LogP contribution >= 0.6 is 0 Å². The van der Waals surface area contributed by atoms with Gasteiger partial charge in [-0.15, -0.1) is 0 Å². The fourth-order valence-corrected chi connectivity index (χ4v) is 2.71. The van der Waals surface area contributed by atoms with Crippen LogP contribution in [0, 0.1) is 11.8 Å². The number of rotatable bonds is 7. The molecule has 1 aliphatic rings. The molecule has 3 amide bonds. The highest BCUT2D eigenvalue weighted by Gasteiger charge is 2.21. The molecule has 1 heterocycles. The molecule has 8 nitrogen and oxygen atoms in total. The van der Waals surface area contributed by atoms with Crippen LogP contribution in [-0.4, -0.2) is 71.8 Å². The molecule has 0 unspecified atom stereocenters. The molecular formula is C23H43N3O5. The Balaban J connectivity index is 0. The van der Waals surface area contributed by atoms with Crippen LogP contribution in [0.3, 0.4) is 0 Å². The summed E-state index contributed by atoms with van der Waals surface area (Å²) in [5.41, 5.74) is 0.191. The summed E-state index contributed by atoms with van der Waals surface area (Å²) in [5, 5.41) is 11.1. The van der Waals surface area contributed by atoms with Crippen molar-refractivity contribution in [2.45, 2.75) is 73.8 Å². The predicted octanol–water partition coefficient (Wildman–Crippen LogP) is 2.93. The third-order valence-electron chi connectivity index (χ3n) is 4.42. The van der Waals surface area contributed by atoms with Gasteiger partial charge in [0.15, 0.2) is 0 Å². The number of hydrogen-bond donors (Lipinski definition) is 2. The number of piperidine rings is 1. The second-order valence-corrected chi connectivity index (χ2v) is 8.69. The number of likely N-dealkylation sites (tertiary alicyclic amines) is 1. The fraction of sp³-hybridized carbons (Fsp3) is 0.739. The Labute approximate surface area is 188 Å². The fourth-order valence-electron chi connectivity index (χ4n) is 2.71. The van der Waals surface area contributed by atoms with Crippen molar-refractivity contribution in [1.82, 2.24) is 15.1 Å². The average Bonchev–Trinajstić information content (AvgIpc) is 2.69. The van der Waals surface area contributed by atoms with Crippen molar-refractivity contribution >= 4 is 24.2 Å². The van der Waals surface area contributed by atoms with Crippen molar-refractivity contribution in [3.8, 4) is 0 Å². The number of nitrogens with one attached hydrogen (secondary N) is 1. The van der Waals surface area contributed by atoms with Crippen LogP contribution < -0.4 is 5.32 Å². The molecule has 0 aliphatic carbocycles. The van der Waals surface area contributed by atoms with Gasteiger partial charge in [0.25, 0.3) is 0 Å². The van der Waals surface area contributed by atoms with E-state index in [2.05, 4.69) is 26.1 Å². The Hall–Kier alpha value is -2.38. The monoisotopic (exact) mass is 441 g/mol. The summed E-state index contributed by atoms with van der Waals surface area (Å²) >= 11 is 0. The van der Waals surface area contributed by atoms with Crippen molar-refractivity contribution < 1.29 is 24.3 Å².